The number of anilines is 2. The SMILES string of the molecule is CCC(Br)C(=O)Nc1ccc(N2CCCC2)nc1. The zero-order valence-electron chi connectivity index (χ0n) is 10.5. The van der Waals surface area contributed by atoms with Crippen molar-refractivity contribution in [3.8, 4) is 0 Å². The number of amides is 1. The summed E-state index contributed by atoms with van der Waals surface area (Å²) in [6, 6.07) is 3.88. The van der Waals surface area contributed by atoms with Crippen molar-refractivity contribution in [1.82, 2.24) is 4.98 Å². The van der Waals surface area contributed by atoms with Gasteiger partial charge in [-0.25, -0.2) is 4.98 Å². The van der Waals surface area contributed by atoms with Crippen LogP contribution in [0.4, 0.5) is 11.5 Å². The number of alkyl halides is 1. The van der Waals surface area contributed by atoms with Crippen LogP contribution in [0.1, 0.15) is 26.2 Å². The molecule has 1 aliphatic rings. The van der Waals surface area contributed by atoms with Gasteiger partial charge in [0.1, 0.15) is 5.82 Å². The summed E-state index contributed by atoms with van der Waals surface area (Å²) in [6.45, 7) is 4.13. The van der Waals surface area contributed by atoms with Crippen LogP contribution in [0.3, 0.4) is 0 Å². The molecule has 0 aromatic carbocycles. The first-order valence-corrected chi connectivity index (χ1v) is 7.28. The molecule has 1 atom stereocenters. The quantitative estimate of drug-likeness (QED) is 0.870. The normalized spacial score (nSPS) is 16.7. The van der Waals surface area contributed by atoms with Crippen LogP contribution >= 0.6 is 15.9 Å². The number of rotatable bonds is 4. The molecular formula is C13H18BrN3O. The Bertz CT molecular complexity index is 401. The van der Waals surface area contributed by atoms with E-state index in [0.29, 0.717) is 0 Å². The van der Waals surface area contributed by atoms with E-state index in [4.69, 9.17) is 0 Å². The minimum atomic E-state index is -0.143. The second-order valence-corrected chi connectivity index (χ2v) is 5.57. The van der Waals surface area contributed by atoms with Gasteiger partial charge in [0.25, 0.3) is 0 Å². The highest BCUT2D eigenvalue weighted by atomic mass is 79.9. The van der Waals surface area contributed by atoms with E-state index in [0.717, 1.165) is 31.0 Å². The molecule has 0 saturated carbocycles. The Morgan fingerprint density at radius 2 is 2.22 bits per heavy atom. The molecule has 1 saturated heterocycles. The number of nitrogens with one attached hydrogen (secondary N) is 1. The van der Waals surface area contributed by atoms with Gasteiger partial charge in [0.2, 0.25) is 5.91 Å². The molecule has 1 fully saturated rings. The van der Waals surface area contributed by atoms with E-state index in [1.54, 1.807) is 6.20 Å². The third-order valence-electron chi connectivity index (χ3n) is 3.09. The molecule has 1 unspecified atom stereocenters. The minimum absolute atomic E-state index is 0.0202. The van der Waals surface area contributed by atoms with Crippen molar-refractivity contribution < 1.29 is 4.79 Å². The maximum absolute atomic E-state index is 11.7. The molecule has 0 radical (unpaired) electrons. The Morgan fingerprint density at radius 1 is 1.50 bits per heavy atom. The fourth-order valence-electron chi connectivity index (χ4n) is 2.00. The number of hydrogen-bond donors (Lipinski definition) is 1. The van der Waals surface area contributed by atoms with Gasteiger partial charge in [0.05, 0.1) is 16.7 Å². The maximum atomic E-state index is 11.7. The lowest BCUT2D eigenvalue weighted by atomic mass is 10.3. The Morgan fingerprint density at radius 3 is 2.78 bits per heavy atom. The lowest BCUT2D eigenvalue weighted by molar-refractivity contribution is -0.115. The Hall–Kier alpha value is -1.10. The van der Waals surface area contributed by atoms with Crippen LogP contribution in [-0.4, -0.2) is 28.8 Å². The molecule has 2 heterocycles. The van der Waals surface area contributed by atoms with Crippen molar-refractivity contribution in [2.75, 3.05) is 23.3 Å². The van der Waals surface area contributed by atoms with Crippen LogP contribution < -0.4 is 10.2 Å². The monoisotopic (exact) mass is 311 g/mol. The van der Waals surface area contributed by atoms with Crippen molar-refractivity contribution in [3.63, 3.8) is 0 Å². The largest absolute Gasteiger partial charge is 0.357 e. The van der Waals surface area contributed by atoms with Gasteiger partial charge in [0, 0.05) is 13.1 Å². The zero-order chi connectivity index (χ0) is 13.0. The number of carbonyl (C=O) groups excluding carboxylic acids is 1. The van der Waals surface area contributed by atoms with Gasteiger partial charge in [-0.05, 0) is 31.4 Å². The van der Waals surface area contributed by atoms with Gasteiger partial charge in [-0.1, -0.05) is 22.9 Å². The number of halogens is 1. The van der Waals surface area contributed by atoms with Crippen molar-refractivity contribution in [2.24, 2.45) is 0 Å². The van der Waals surface area contributed by atoms with Gasteiger partial charge in [0.15, 0.2) is 0 Å². The zero-order valence-corrected chi connectivity index (χ0v) is 12.1. The topological polar surface area (TPSA) is 45.2 Å². The molecule has 1 aliphatic heterocycles. The van der Waals surface area contributed by atoms with Crippen molar-refractivity contribution in [2.45, 2.75) is 31.0 Å². The summed E-state index contributed by atoms with van der Waals surface area (Å²) >= 11 is 3.33. The van der Waals surface area contributed by atoms with E-state index in [2.05, 4.69) is 31.1 Å². The molecule has 2 rings (SSSR count). The second-order valence-electron chi connectivity index (χ2n) is 4.46. The van der Waals surface area contributed by atoms with Crippen molar-refractivity contribution in [1.29, 1.82) is 0 Å². The summed E-state index contributed by atoms with van der Waals surface area (Å²) in [5, 5.41) is 2.84. The first-order chi connectivity index (χ1) is 8.70. The summed E-state index contributed by atoms with van der Waals surface area (Å²) < 4.78 is 0. The molecule has 18 heavy (non-hydrogen) atoms. The molecule has 1 amide bonds. The average Bonchev–Trinajstić information content (AvgIpc) is 2.92. The van der Waals surface area contributed by atoms with Crippen LogP contribution in [0.5, 0.6) is 0 Å². The summed E-state index contributed by atoms with van der Waals surface area (Å²) in [5.41, 5.74) is 0.751. The third-order valence-corrected chi connectivity index (χ3v) is 4.15. The van der Waals surface area contributed by atoms with E-state index in [1.807, 2.05) is 19.1 Å². The molecular weight excluding hydrogens is 294 g/mol. The van der Waals surface area contributed by atoms with Gasteiger partial charge in [-0.2, -0.15) is 0 Å². The van der Waals surface area contributed by atoms with Gasteiger partial charge in [-0.15, -0.1) is 0 Å². The molecule has 4 nitrogen and oxygen atoms in total. The Labute approximate surface area is 116 Å². The maximum Gasteiger partial charge on any atom is 0.238 e. The highest BCUT2D eigenvalue weighted by molar-refractivity contribution is 9.10. The molecule has 1 N–H and O–H groups in total. The van der Waals surface area contributed by atoms with Crippen molar-refractivity contribution in [3.05, 3.63) is 18.3 Å². The number of aromatic nitrogens is 1. The number of hydrogen-bond acceptors (Lipinski definition) is 3. The smallest absolute Gasteiger partial charge is 0.238 e. The third kappa shape index (κ3) is 3.22. The van der Waals surface area contributed by atoms with Gasteiger partial charge < -0.3 is 10.2 Å². The van der Waals surface area contributed by atoms with Crippen LogP contribution in [0.25, 0.3) is 0 Å². The summed E-state index contributed by atoms with van der Waals surface area (Å²) in [5.74, 6) is 0.976. The van der Waals surface area contributed by atoms with E-state index >= 15 is 0 Å². The van der Waals surface area contributed by atoms with Crippen LogP contribution in [0.15, 0.2) is 18.3 Å². The fraction of sp³-hybridized carbons (Fsp3) is 0.538. The van der Waals surface area contributed by atoms with Crippen molar-refractivity contribution >= 4 is 33.3 Å². The van der Waals surface area contributed by atoms with Gasteiger partial charge in [-0.3, -0.25) is 4.79 Å². The standard InChI is InChI=1S/C13H18BrN3O/c1-2-11(14)13(18)16-10-5-6-12(15-9-10)17-7-3-4-8-17/h5-6,9,11H,2-4,7-8H2,1H3,(H,16,18). The second kappa shape index (κ2) is 6.18. The van der Waals surface area contributed by atoms with E-state index < -0.39 is 0 Å². The summed E-state index contributed by atoms with van der Waals surface area (Å²) in [4.78, 5) is 18.2. The first kappa shape index (κ1) is 13.3. The summed E-state index contributed by atoms with van der Waals surface area (Å²) in [7, 11) is 0. The molecule has 98 valence electrons. The van der Waals surface area contributed by atoms with Crippen LogP contribution in [0, 0.1) is 0 Å². The summed E-state index contributed by atoms with van der Waals surface area (Å²) in [6.07, 6.45) is 4.97. The molecule has 5 heteroatoms. The van der Waals surface area contributed by atoms with E-state index in [-0.39, 0.29) is 10.7 Å². The number of pyridine rings is 1. The average molecular weight is 312 g/mol. The minimum Gasteiger partial charge on any atom is -0.357 e. The lowest BCUT2D eigenvalue weighted by Gasteiger charge is -2.16. The van der Waals surface area contributed by atoms with E-state index in [9.17, 15) is 4.79 Å². The number of carbonyl (C=O) groups is 1. The fourth-order valence-corrected chi connectivity index (χ4v) is 2.11. The highest BCUT2D eigenvalue weighted by Gasteiger charge is 2.15. The highest BCUT2D eigenvalue weighted by Crippen LogP contribution is 2.19. The van der Waals surface area contributed by atoms with Crippen LogP contribution in [0.2, 0.25) is 0 Å². The predicted molar refractivity (Wildman–Crippen MR) is 77.3 cm³/mol. The Kier molecular flexibility index (Phi) is 4.58. The molecule has 0 aliphatic carbocycles. The van der Waals surface area contributed by atoms with E-state index in [1.165, 1.54) is 12.8 Å². The molecule has 0 spiro atoms. The van der Waals surface area contributed by atoms with Crippen LogP contribution in [-0.2, 0) is 4.79 Å². The molecule has 1 aromatic heterocycles. The predicted octanol–water partition coefficient (Wildman–Crippen LogP) is 2.79. The lowest BCUT2D eigenvalue weighted by Crippen LogP contribution is -2.22. The van der Waals surface area contributed by atoms with Gasteiger partial charge >= 0.3 is 0 Å². The number of nitrogens with zero attached hydrogens (tertiary/aromatic N) is 2. The molecule has 0 bridgehead atoms. The Balaban J connectivity index is 1.97. The molecule has 1 aromatic rings. The first-order valence-electron chi connectivity index (χ1n) is 6.36.